The van der Waals surface area contributed by atoms with Crippen molar-refractivity contribution < 1.29 is 18.4 Å². The number of amides is 1. The first-order chi connectivity index (χ1) is 19.9. The van der Waals surface area contributed by atoms with E-state index in [0.29, 0.717) is 34.5 Å². The van der Waals surface area contributed by atoms with E-state index in [1.807, 2.05) is 42.5 Å². The summed E-state index contributed by atoms with van der Waals surface area (Å²) in [5.41, 5.74) is 3.27. The summed E-state index contributed by atoms with van der Waals surface area (Å²) in [6.07, 6.45) is 5.23. The van der Waals surface area contributed by atoms with Crippen LogP contribution < -0.4 is 15.9 Å². The number of hydrogen-bond acceptors (Lipinski definition) is 8. The maximum absolute atomic E-state index is 13.1. The molecule has 0 spiro atoms. The summed E-state index contributed by atoms with van der Waals surface area (Å²) in [6.45, 7) is 4.57. The molecule has 0 bridgehead atoms. The second-order valence-corrected chi connectivity index (χ2v) is 11.4. The van der Waals surface area contributed by atoms with Crippen molar-refractivity contribution in [2.45, 2.75) is 26.3 Å². The van der Waals surface area contributed by atoms with E-state index < -0.39 is 7.60 Å². The van der Waals surface area contributed by atoms with Crippen LogP contribution in [0, 0.1) is 0 Å². The highest BCUT2D eigenvalue weighted by molar-refractivity contribution is 7.62. The summed E-state index contributed by atoms with van der Waals surface area (Å²) in [7, 11) is -3.36. The van der Waals surface area contributed by atoms with Gasteiger partial charge >= 0.3 is 7.60 Å². The minimum atomic E-state index is -3.36. The van der Waals surface area contributed by atoms with Crippen LogP contribution in [0.1, 0.15) is 25.0 Å². The second-order valence-electron chi connectivity index (χ2n) is 8.95. The lowest BCUT2D eigenvalue weighted by Gasteiger charge is -2.20. The molecule has 0 aliphatic heterocycles. The predicted octanol–water partition coefficient (Wildman–Crippen LogP) is 5.06. The summed E-state index contributed by atoms with van der Waals surface area (Å²) in [6, 6.07) is 22.1. The molecule has 12 heteroatoms. The molecule has 1 amide bonds. The Bertz CT molecular complexity index is 1470. The Morgan fingerprint density at radius 1 is 1.05 bits per heavy atom. The molecule has 4 rings (SSSR count). The number of halogens is 1. The van der Waals surface area contributed by atoms with Gasteiger partial charge in [-0.25, -0.2) is 0 Å². The van der Waals surface area contributed by atoms with Crippen LogP contribution in [0.25, 0.3) is 11.8 Å². The Kier molecular flexibility index (Phi) is 10.8. The number of carbonyl (C=O) groups is 1. The highest BCUT2D eigenvalue weighted by atomic mass is 35.5. The number of nitrogens with one attached hydrogen (secondary N) is 2. The summed E-state index contributed by atoms with van der Waals surface area (Å²) >= 11 is 6.20. The maximum atomic E-state index is 13.1. The molecule has 214 valence electrons. The Hall–Kier alpha value is -3.82. The standard InChI is InChI=1S/C29H32ClN6O4P/c1-3-39-41(38,40-4-2)27-14-12-25(13-15-27)31-20-26(18-22-8-6-5-7-9-22)33-29(37)17-10-23-19-24(30)11-16-28(23)36-21-32-34-35-36/h5-17,19,21,26,31H,3-4,18,20H2,1-2H3,(H,33,37). The Morgan fingerprint density at radius 3 is 2.44 bits per heavy atom. The largest absolute Gasteiger partial charge is 0.383 e. The number of rotatable bonds is 14. The highest BCUT2D eigenvalue weighted by Gasteiger charge is 2.26. The Labute approximate surface area is 244 Å². The molecule has 1 atom stereocenters. The molecule has 0 aliphatic rings. The summed E-state index contributed by atoms with van der Waals surface area (Å²) < 4.78 is 25.4. The third-order valence-corrected chi connectivity index (χ3v) is 8.37. The molecule has 41 heavy (non-hydrogen) atoms. The van der Waals surface area contributed by atoms with E-state index in [0.717, 1.165) is 11.3 Å². The van der Waals surface area contributed by atoms with Crippen LogP contribution in [0.3, 0.4) is 0 Å². The first kappa shape index (κ1) is 30.1. The van der Waals surface area contributed by atoms with Gasteiger partial charge in [0.2, 0.25) is 5.91 Å². The number of carbonyl (C=O) groups excluding carboxylic acids is 1. The van der Waals surface area contributed by atoms with Crippen molar-refractivity contribution in [3.63, 3.8) is 0 Å². The molecular formula is C29H32ClN6O4P. The average molecular weight is 595 g/mol. The highest BCUT2D eigenvalue weighted by Crippen LogP contribution is 2.46. The van der Waals surface area contributed by atoms with E-state index in [-0.39, 0.29) is 25.2 Å². The van der Waals surface area contributed by atoms with Crippen molar-refractivity contribution in [1.82, 2.24) is 25.5 Å². The quantitative estimate of drug-likeness (QED) is 0.154. The summed E-state index contributed by atoms with van der Waals surface area (Å²) in [4.78, 5) is 13.0. The van der Waals surface area contributed by atoms with E-state index >= 15 is 0 Å². The molecule has 0 radical (unpaired) electrons. The first-order valence-electron chi connectivity index (χ1n) is 13.2. The fourth-order valence-electron chi connectivity index (χ4n) is 4.16. The van der Waals surface area contributed by atoms with Gasteiger partial charge in [-0.15, -0.1) is 5.10 Å². The molecule has 1 aromatic heterocycles. The normalized spacial score (nSPS) is 12.4. The van der Waals surface area contributed by atoms with Crippen LogP contribution in [0.15, 0.2) is 85.2 Å². The van der Waals surface area contributed by atoms with Crippen LogP contribution in [0.4, 0.5) is 5.69 Å². The van der Waals surface area contributed by atoms with Crippen LogP contribution in [-0.4, -0.2) is 51.9 Å². The number of aromatic nitrogens is 4. The minimum absolute atomic E-state index is 0.231. The summed E-state index contributed by atoms with van der Waals surface area (Å²) in [5.74, 6) is -0.264. The lowest BCUT2D eigenvalue weighted by Crippen LogP contribution is -2.40. The molecule has 3 aromatic carbocycles. The van der Waals surface area contributed by atoms with Crippen molar-refractivity contribution in [1.29, 1.82) is 0 Å². The third kappa shape index (κ3) is 8.58. The van der Waals surface area contributed by atoms with Crippen LogP contribution in [0.2, 0.25) is 5.02 Å². The third-order valence-electron chi connectivity index (χ3n) is 6.01. The van der Waals surface area contributed by atoms with E-state index in [4.69, 9.17) is 20.6 Å². The first-order valence-corrected chi connectivity index (χ1v) is 15.1. The number of nitrogens with zero attached hydrogens (tertiary/aromatic N) is 4. The van der Waals surface area contributed by atoms with Crippen LogP contribution in [0.5, 0.6) is 0 Å². The average Bonchev–Trinajstić information content (AvgIpc) is 3.51. The van der Waals surface area contributed by atoms with Gasteiger partial charge in [-0.3, -0.25) is 9.36 Å². The number of hydrogen-bond donors (Lipinski definition) is 2. The predicted molar refractivity (Wildman–Crippen MR) is 161 cm³/mol. The second kappa shape index (κ2) is 14.7. The van der Waals surface area contributed by atoms with E-state index in [9.17, 15) is 9.36 Å². The lowest BCUT2D eigenvalue weighted by molar-refractivity contribution is -0.117. The fourth-order valence-corrected chi connectivity index (χ4v) is 5.90. The zero-order valence-electron chi connectivity index (χ0n) is 22.8. The van der Waals surface area contributed by atoms with E-state index in [1.165, 1.54) is 17.1 Å². The number of anilines is 1. The summed E-state index contributed by atoms with van der Waals surface area (Å²) in [5, 5.41) is 18.8. The molecule has 2 N–H and O–H groups in total. The molecular weight excluding hydrogens is 563 g/mol. The van der Waals surface area contributed by atoms with Crippen molar-refractivity contribution in [3.8, 4) is 5.69 Å². The monoisotopic (exact) mass is 594 g/mol. The number of tetrazole rings is 1. The fraction of sp³-hybridized carbons (Fsp3) is 0.241. The number of benzene rings is 3. The molecule has 0 saturated carbocycles. The molecule has 1 unspecified atom stereocenters. The van der Waals surface area contributed by atoms with Gasteiger partial charge in [0.25, 0.3) is 0 Å². The van der Waals surface area contributed by atoms with Gasteiger partial charge in [-0.05, 0) is 84.8 Å². The van der Waals surface area contributed by atoms with E-state index in [2.05, 4.69) is 26.2 Å². The molecule has 0 fully saturated rings. The van der Waals surface area contributed by atoms with Crippen molar-refractivity contribution >= 4 is 42.2 Å². The Balaban J connectivity index is 1.46. The van der Waals surface area contributed by atoms with Gasteiger partial charge in [0, 0.05) is 28.9 Å². The van der Waals surface area contributed by atoms with Crippen LogP contribution >= 0.6 is 19.2 Å². The molecule has 4 aromatic rings. The molecule has 1 heterocycles. The minimum Gasteiger partial charge on any atom is -0.383 e. The van der Waals surface area contributed by atoms with Crippen molar-refractivity contribution in [2.24, 2.45) is 0 Å². The van der Waals surface area contributed by atoms with Gasteiger partial charge in [0.05, 0.1) is 30.2 Å². The van der Waals surface area contributed by atoms with E-state index in [1.54, 1.807) is 50.3 Å². The zero-order chi connectivity index (χ0) is 29.1. The van der Waals surface area contributed by atoms with Gasteiger partial charge in [-0.1, -0.05) is 41.9 Å². The van der Waals surface area contributed by atoms with Crippen molar-refractivity contribution in [2.75, 3.05) is 25.1 Å². The lowest BCUT2D eigenvalue weighted by atomic mass is 10.1. The molecule has 0 aliphatic carbocycles. The van der Waals surface area contributed by atoms with Gasteiger partial charge in [0.15, 0.2) is 0 Å². The SMILES string of the molecule is CCOP(=O)(OCC)c1ccc(NCC(Cc2ccccc2)NC(=O)C=Cc2cc(Cl)ccc2-n2cnnn2)cc1. The Morgan fingerprint density at radius 2 is 1.78 bits per heavy atom. The molecule has 10 nitrogen and oxygen atoms in total. The maximum Gasteiger partial charge on any atom is 0.361 e. The van der Waals surface area contributed by atoms with Gasteiger partial charge in [0.1, 0.15) is 6.33 Å². The van der Waals surface area contributed by atoms with Gasteiger partial charge < -0.3 is 19.7 Å². The van der Waals surface area contributed by atoms with Crippen LogP contribution in [-0.2, 0) is 24.8 Å². The molecule has 0 saturated heterocycles. The van der Waals surface area contributed by atoms with Gasteiger partial charge in [-0.2, -0.15) is 4.68 Å². The topological polar surface area (TPSA) is 120 Å². The smallest absolute Gasteiger partial charge is 0.361 e. The van der Waals surface area contributed by atoms with Crippen molar-refractivity contribution in [3.05, 3.63) is 101 Å². The zero-order valence-corrected chi connectivity index (χ0v) is 24.5.